The molecule has 0 aromatic rings. The molecule has 0 heterocycles. The summed E-state index contributed by atoms with van der Waals surface area (Å²) in [5.74, 6) is -0.0610. The first-order valence-corrected chi connectivity index (χ1v) is 14.4. The van der Waals surface area contributed by atoms with Crippen LogP contribution in [0.2, 0.25) is 0 Å². The van der Waals surface area contributed by atoms with Crippen LogP contribution in [0.3, 0.4) is 0 Å². The molecule has 186 valence electrons. The highest BCUT2D eigenvalue weighted by Gasteiger charge is 1.99. The highest BCUT2D eigenvalue weighted by Crippen LogP contribution is 2.15. The summed E-state index contributed by atoms with van der Waals surface area (Å²) in [4.78, 5) is 11.0. The first-order valence-electron chi connectivity index (χ1n) is 14.4. The molecule has 0 aromatic carbocycles. The van der Waals surface area contributed by atoms with Gasteiger partial charge in [0.05, 0.1) is 7.11 Å². The maximum absolute atomic E-state index is 11.0. The third-order valence-corrected chi connectivity index (χ3v) is 6.71. The third-order valence-electron chi connectivity index (χ3n) is 6.71. The summed E-state index contributed by atoms with van der Waals surface area (Å²) in [7, 11) is 1.47. The van der Waals surface area contributed by atoms with Gasteiger partial charge in [0.2, 0.25) is 0 Å². The van der Waals surface area contributed by atoms with Gasteiger partial charge >= 0.3 is 5.97 Å². The topological polar surface area (TPSA) is 26.3 Å². The normalized spacial score (nSPS) is 11.2. The van der Waals surface area contributed by atoms with Crippen LogP contribution < -0.4 is 0 Å². The van der Waals surface area contributed by atoms with E-state index in [1.54, 1.807) is 0 Å². The number of carbonyl (C=O) groups excluding carboxylic acids is 1. The number of methoxy groups -OCH3 is 1. The molecule has 0 aromatic heterocycles. The fourth-order valence-corrected chi connectivity index (χ4v) is 4.51. The van der Waals surface area contributed by atoms with E-state index in [2.05, 4.69) is 11.7 Å². The van der Waals surface area contributed by atoms with E-state index in [0.717, 1.165) is 6.42 Å². The molecule has 0 amide bonds. The highest BCUT2D eigenvalue weighted by atomic mass is 16.5. The average molecular weight is 439 g/mol. The van der Waals surface area contributed by atoms with Gasteiger partial charge in [-0.2, -0.15) is 0 Å². The minimum atomic E-state index is -0.0610. The van der Waals surface area contributed by atoms with E-state index in [1.807, 2.05) is 0 Å². The minimum Gasteiger partial charge on any atom is -0.469 e. The minimum absolute atomic E-state index is 0.0610. The third kappa shape index (κ3) is 27.4. The van der Waals surface area contributed by atoms with Crippen LogP contribution in [0.5, 0.6) is 0 Å². The summed E-state index contributed by atoms with van der Waals surface area (Å²) in [6, 6.07) is 0. The van der Waals surface area contributed by atoms with Gasteiger partial charge in [-0.25, -0.2) is 0 Å². The predicted octanol–water partition coefficient (Wildman–Crippen LogP) is 10.3. The molecule has 0 aliphatic rings. The Balaban J connectivity index is 3.01. The smallest absolute Gasteiger partial charge is 0.305 e. The summed E-state index contributed by atoms with van der Waals surface area (Å²) < 4.78 is 4.67. The van der Waals surface area contributed by atoms with Crippen molar-refractivity contribution >= 4 is 5.97 Å². The Kier molecular flexibility index (Phi) is 27.0. The summed E-state index contributed by atoms with van der Waals surface area (Å²) in [6.45, 7) is 2.30. The van der Waals surface area contributed by atoms with Crippen molar-refractivity contribution in [2.75, 3.05) is 7.11 Å². The fourth-order valence-electron chi connectivity index (χ4n) is 4.51. The van der Waals surface area contributed by atoms with Gasteiger partial charge in [-0.3, -0.25) is 4.79 Å². The van der Waals surface area contributed by atoms with E-state index in [9.17, 15) is 4.79 Å². The molecule has 0 rings (SSSR count). The zero-order chi connectivity index (χ0) is 22.7. The van der Waals surface area contributed by atoms with E-state index >= 15 is 0 Å². The Labute approximate surface area is 196 Å². The number of ether oxygens (including phenoxy) is 1. The Hall–Kier alpha value is -0.530. The van der Waals surface area contributed by atoms with E-state index in [4.69, 9.17) is 0 Å². The molecule has 0 N–H and O–H groups in total. The van der Waals surface area contributed by atoms with Crippen LogP contribution in [0.4, 0.5) is 0 Å². The van der Waals surface area contributed by atoms with E-state index in [0.29, 0.717) is 6.42 Å². The molecule has 0 saturated carbocycles. The summed E-state index contributed by atoms with van der Waals surface area (Å²) in [5, 5.41) is 0. The van der Waals surface area contributed by atoms with Crippen LogP contribution in [0.25, 0.3) is 0 Å². The van der Waals surface area contributed by atoms with Crippen molar-refractivity contribution in [2.24, 2.45) is 0 Å². The molecule has 0 radical (unpaired) electrons. The van der Waals surface area contributed by atoms with Crippen molar-refractivity contribution in [3.8, 4) is 0 Å². The lowest BCUT2D eigenvalue weighted by Gasteiger charge is -2.04. The number of esters is 1. The number of unbranched alkanes of at least 4 members (excludes halogenated alkanes) is 24. The SMILES string of the molecule is CCCCCCCCCCCCCCCCCCCCCCCCCCCC(=O)OC. The monoisotopic (exact) mass is 438 g/mol. The lowest BCUT2D eigenvalue weighted by atomic mass is 10.0. The van der Waals surface area contributed by atoms with Crippen LogP contribution in [-0.2, 0) is 9.53 Å². The van der Waals surface area contributed by atoms with Gasteiger partial charge in [-0.05, 0) is 6.42 Å². The molecule has 2 nitrogen and oxygen atoms in total. The summed E-state index contributed by atoms with van der Waals surface area (Å²) in [5.41, 5.74) is 0. The highest BCUT2D eigenvalue weighted by molar-refractivity contribution is 5.68. The molecule has 0 bridgehead atoms. The van der Waals surface area contributed by atoms with Crippen molar-refractivity contribution in [3.05, 3.63) is 0 Å². The molecule has 2 heteroatoms. The van der Waals surface area contributed by atoms with E-state index in [-0.39, 0.29) is 5.97 Å². The molecule has 0 unspecified atom stereocenters. The molecule has 0 atom stereocenters. The van der Waals surface area contributed by atoms with Crippen molar-refractivity contribution in [2.45, 2.75) is 174 Å². The van der Waals surface area contributed by atoms with Crippen molar-refractivity contribution in [1.82, 2.24) is 0 Å². The molecular formula is C29H58O2. The lowest BCUT2D eigenvalue weighted by molar-refractivity contribution is -0.140. The van der Waals surface area contributed by atoms with Crippen LogP contribution in [-0.4, -0.2) is 13.1 Å². The molecule has 0 aliphatic heterocycles. The predicted molar refractivity (Wildman–Crippen MR) is 138 cm³/mol. The first-order chi connectivity index (χ1) is 15.3. The van der Waals surface area contributed by atoms with Gasteiger partial charge in [0, 0.05) is 6.42 Å². The first kappa shape index (κ1) is 30.5. The molecule has 31 heavy (non-hydrogen) atoms. The maximum atomic E-state index is 11.0. The van der Waals surface area contributed by atoms with Gasteiger partial charge in [-0.15, -0.1) is 0 Å². The Morgan fingerprint density at radius 1 is 0.419 bits per heavy atom. The number of rotatable bonds is 26. The molecule has 0 saturated heterocycles. The second-order valence-corrected chi connectivity index (χ2v) is 9.81. The van der Waals surface area contributed by atoms with Gasteiger partial charge in [-0.1, -0.05) is 161 Å². The van der Waals surface area contributed by atoms with Gasteiger partial charge in [0.1, 0.15) is 0 Å². The summed E-state index contributed by atoms with van der Waals surface area (Å²) >= 11 is 0. The lowest BCUT2D eigenvalue weighted by Crippen LogP contribution is -1.99. The number of hydrogen-bond acceptors (Lipinski definition) is 2. The van der Waals surface area contributed by atoms with Crippen LogP contribution in [0, 0.1) is 0 Å². The van der Waals surface area contributed by atoms with E-state index < -0.39 is 0 Å². The standard InChI is InChI=1S/C29H58O2/c1-3-4-5-6-7-8-9-10-11-12-13-14-15-16-17-18-19-20-21-22-23-24-25-26-27-28-29(30)31-2/h3-28H2,1-2H3. The summed E-state index contributed by atoms with van der Waals surface area (Å²) in [6.07, 6.45) is 35.8. The van der Waals surface area contributed by atoms with Crippen molar-refractivity contribution in [1.29, 1.82) is 0 Å². The van der Waals surface area contributed by atoms with Gasteiger partial charge in [0.25, 0.3) is 0 Å². The molecule has 0 aliphatic carbocycles. The second-order valence-electron chi connectivity index (χ2n) is 9.81. The number of carbonyl (C=O) groups is 1. The second kappa shape index (κ2) is 27.5. The maximum Gasteiger partial charge on any atom is 0.305 e. The van der Waals surface area contributed by atoms with Crippen molar-refractivity contribution in [3.63, 3.8) is 0 Å². The van der Waals surface area contributed by atoms with Crippen LogP contribution in [0.1, 0.15) is 174 Å². The largest absolute Gasteiger partial charge is 0.469 e. The molecular weight excluding hydrogens is 380 g/mol. The zero-order valence-electron chi connectivity index (χ0n) is 21.7. The van der Waals surface area contributed by atoms with Crippen molar-refractivity contribution < 1.29 is 9.53 Å². The Morgan fingerprint density at radius 3 is 0.871 bits per heavy atom. The van der Waals surface area contributed by atoms with Crippen LogP contribution in [0.15, 0.2) is 0 Å². The van der Waals surface area contributed by atoms with Crippen LogP contribution >= 0.6 is 0 Å². The van der Waals surface area contributed by atoms with Gasteiger partial charge in [0.15, 0.2) is 0 Å². The molecule has 0 spiro atoms. The Morgan fingerprint density at radius 2 is 0.645 bits per heavy atom. The van der Waals surface area contributed by atoms with Gasteiger partial charge < -0.3 is 4.74 Å². The zero-order valence-corrected chi connectivity index (χ0v) is 21.7. The number of hydrogen-bond donors (Lipinski definition) is 0. The molecule has 0 fully saturated rings. The Bertz CT molecular complexity index is 340. The fraction of sp³-hybridized carbons (Fsp3) is 0.966. The quantitative estimate of drug-likeness (QED) is 0.0991. The average Bonchev–Trinajstić information content (AvgIpc) is 2.78. The van der Waals surface area contributed by atoms with E-state index in [1.165, 1.54) is 161 Å².